The smallest absolute Gasteiger partial charge is 0.338 e. The topological polar surface area (TPSA) is 55.8 Å². The Balaban J connectivity index is 2.72. The molecule has 94 valence electrons. The molecule has 0 aromatic heterocycles. The van der Waals surface area contributed by atoms with E-state index in [4.69, 9.17) is 9.47 Å². The van der Waals surface area contributed by atoms with E-state index < -0.39 is 11.6 Å². The Morgan fingerprint density at radius 1 is 1.56 bits per heavy atom. The van der Waals surface area contributed by atoms with E-state index in [0.29, 0.717) is 19.6 Å². The van der Waals surface area contributed by atoms with Gasteiger partial charge in [0.15, 0.2) is 5.60 Å². The molecular weight excluding hydrogens is 208 g/mol. The number of hydrogen-bond donors (Lipinski definition) is 1. The zero-order chi connectivity index (χ0) is 12.0. The van der Waals surface area contributed by atoms with E-state index in [0.717, 1.165) is 25.9 Å². The lowest BCUT2D eigenvalue weighted by atomic mass is 9.80. The predicted molar refractivity (Wildman–Crippen MR) is 60.0 cm³/mol. The highest BCUT2D eigenvalue weighted by Gasteiger charge is 2.45. The van der Waals surface area contributed by atoms with Crippen molar-refractivity contribution in [3.8, 4) is 0 Å². The normalized spacial score (nSPS) is 24.8. The Morgan fingerprint density at radius 3 is 2.81 bits per heavy atom. The van der Waals surface area contributed by atoms with Gasteiger partial charge in [-0.25, -0.2) is 4.79 Å². The fourth-order valence-electron chi connectivity index (χ4n) is 2.23. The molecule has 1 rings (SSSR count). The highest BCUT2D eigenvalue weighted by atomic mass is 16.5. The molecule has 1 N–H and O–H groups in total. The summed E-state index contributed by atoms with van der Waals surface area (Å²) >= 11 is 0. The van der Waals surface area contributed by atoms with Gasteiger partial charge >= 0.3 is 5.97 Å². The quantitative estimate of drug-likeness (QED) is 0.727. The standard InChI is InChI=1S/C12H22O4/c1-3-7-12(14,11(13)16-4-2)10-6-5-8-15-9-10/h10,14H,3-9H2,1-2H3. The van der Waals surface area contributed by atoms with Crippen LogP contribution in [0.3, 0.4) is 0 Å². The molecule has 4 heteroatoms. The second kappa shape index (κ2) is 6.21. The molecule has 0 aromatic rings. The van der Waals surface area contributed by atoms with Gasteiger partial charge in [-0.3, -0.25) is 0 Å². The molecule has 1 saturated heterocycles. The molecule has 0 saturated carbocycles. The van der Waals surface area contributed by atoms with Gasteiger partial charge in [0, 0.05) is 12.5 Å². The predicted octanol–water partition coefficient (Wildman–Crippen LogP) is 1.51. The van der Waals surface area contributed by atoms with Gasteiger partial charge in [0.1, 0.15) is 0 Å². The molecule has 0 radical (unpaired) electrons. The number of hydrogen-bond acceptors (Lipinski definition) is 4. The summed E-state index contributed by atoms with van der Waals surface area (Å²) in [5, 5.41) is 10.5. The van der Waals surface area contributed by atoms with Crippen molar-refractivity contribution >= 4 is 5.97 Å². The molecule has 1 aliphatic heterocycles. The van der Waals surface area contributed by atoms with Crippen molar-refractivity contribution in [2.45, 2.75) is 45.1 Å². The summed E-state index contributed by atoms with van der Waals surface area (Å²) in [7, 11) is 0. The Labute approximate surface area is 96.9 Å². The molecule has 1 heterocycles. The Kier molecular flexibility index (Phi) is 5.22. The minimum absolute atomic E-state index is 0.125. The molecule has 1 fully saturated rings. The van der Waals surface area contributed by atoms with Gasteiger partial charge in [0.2, 0.25) is 0 Å². The maximum Gasteiger partial charge on any atom is 0.338 e. The molecule has 1 aliphatic rings. The molecule has 2 unspecified atom stereocenters. The first kappa shape index (κ1) is 13.5. The molecule has 0 bridgehead atoms. The minimum atomic E-state index is -1.36. The molecule has 0 aromatic carbocycles. The van der Waals surface area contributed by atoms with Gasteiger partial charge in [0.05, 0.1) is 13.2 Å². The van der Waals surface area contributed by atoms with E-state index in [1.54, 1.807) is 6.92 Å². The largest absolute Gasteiger partial charge is 0.464 e. The Bertz CT molecular complexity index is 223. The first-order valence-electron chi connectivity index (χ1n) is 6.12. The van der Waals surface area contributed by atoms with Crippen LogP contribution in [0.25, 0.3) is 0 Å². The minimum Gasteiger partial charge on any atom is -0.464 e. The van der Waals surface area contributed by atoms with E-state index in [-0.39, 0.29) is 5.92 Å². The van der Waals surface area contributed by atoms with Gasteiger partial charge < -0.3 is 14.6 Å². The summed E-state index contributed by atoms with van der Waals surface area (Å²) in [5.74, 6) is -0.618. The second-order valence-electron chi connectivity index (χ2n) is 4.31. The number of esters is 1. The van der Waals surface area contributed by atoms with E-state index >= 15 is 0 Å². The van der Waals surface area contributed by atoms with Crippen LogP contribution in [0.2, 0.25) is 0 Å². The molecule has 2 atom stereocenters. The van der Waals surface area contributed by atoms with Gasteiger partial charge in [0.25, 0.3) is 0 Å². The summed E-state index contributed by atoms with van der Waals surface area (Å²) in [6.45, 7) is 5.19. The van der Waals surface area contributed by atoms with E-state index in [2.05, 4.69) is 0 Å². The van der Waals surface area contributed by atoms with Crippen molar-refractivity contribution in [3.63, 3.8) is 0 Å². The number of carbonyl (C=O) groups is 1. The summed E-state index contributed by atoms with van der Waals surface area (Å²) in [6.07, 6.45) is 2.93. The fourth-order valence-corrected chi connectivity index (χ4v) is 2.23. The highest BCUT2D eigenvalue weighted by Crippen LogP contribution is 2.31. The maximum atomic E-state index is 11.8. The Hall–Kier alpha value is -0.610. The summed E-state index contributed by atoms with van der Waals surface area (Å²) in [6, 6.07) is 0. The van der Waals surface area contributed by atoms with Crippen molar-refractivity contribution in [3.05, 3.63) is 0 Å². The van der Waals surface area contributed by atoms with Gasteiger partial charge in [-0.1, -0.05) is 13.3 Å². The van der Waals surface area contributed by atoms with Crippen LogP contribution in [0.5, 0.6) is 0 Å². The first-order valence-corrected chi connectivity index (χ1v) is 6.12. The summed E-state index contributed by atoms with van der Waals surface area (Å²) in [4.78, 5) is 11.8. The van der Waals surface area contributed by atoms with Crippen molar-refractivity contribution in [1.82, 2.24) is 0 Å². The maximum absolute atomic E-state index is 11.8. The van der Waals surface area contributed by atoms with Gasteiger partial charge in [-0.2, -0.15) is 0 Å². The zero-order valence-electron chi connectivity index (χ0n) is 10.2. The SMILES string of the molecule is CCCC(O)(C(=O)OCC)C1CCCOC1. The number of aliphatic hydroxyl groups is 1. The Morgan fingerprint density at radius 2 is 2.31 bits per heavy atom. The molecule has 4 nitrogen and oxygen atoms in total. The first-order chi connectivity index (χ1) is 7.65. The third-order valence-corrected chi connectivity index (χ3v) is 3.10. The molecule has 0 amide bonds. The van der Waals surface area contributed by atoms with E-state index in [1.807, 2.05) is 6.92 Å². The van der Waals surface area contributed by atoms with Crippen LogP contribution in [0.1, 0.15) is 39.5 Å². The number of rotatable bonds is 5. The lowest BCUT2D eigenvalue weighted by Crippen LogP contribution is -2.50. The molecule has 0 aliphatic carbocycles. The van der Waals surface area contributed by atoms with E-state index in [9.17, 15) is 9.90 Å². The van der Waals surface area contributed by atoms with Crippen molar-refractivity contribution in [1.29, 1.82) is 0 Å². The number of carbonyl (C=O) groups excluding carboxylic acids is 1. The van der Waals surface area contributed by atoms with Crippen molar-refractivity contribution < 1.29 is 19.4 Å². The average Bonchev–Trinajstić information content (AvgIpc) is 2.30. The summed E-state index contributed by atoms with van der Waals surface area (Å²) < 4.78 is 10.3. The molecule has 0 spiro atoms. The van der Waals surface area contributed by atoms with Crippen LogP contribution in [-0.4, -0.2) is 36.5 Å². The summed E-state index contributed by atoms with van der Waals surface area (Å²) in [5.41, 5.74) is -1.36. The van der Waals surface area contributed by atoms with Crippen LogP contribution >= 0.6 is 0 Å². The van der Waals surface area contributed by atoms with Crippen LogP contribution < -0.4 is 0 Å². The van der Waals surface area contributed by atoms with E-state index in [1.165, 1.54) is 0 Å². The van der Waals surface area contributed by atoms with Crippen LogP contribution in [-0.2, 0) is 14.3 Å². The van der Waals surface area contributed by atoms with Crippen LogP contribution in [0, 0.1) is 5.92 Å². The van der Waals surface area contributed by atoms with Crippen LogP contribution in [0.15, 0.2) is 0 Å². The molecule has 16 heavy (non-hydrogen) atoms. The lowest BCUT2D eigenvalue weighted by molar-refractivity contribution is -0.178. The lowest BCUT2D eigenvalue weighted by Gasteiger charge is -2.35. The molecular formula is C12H22O4. The van der Waals surface area contributed by atoms with Crippen molar-refractivity contribution in [2.75, 3.05) is 19.8 Å². The highest BCUT2D eigenvalue weighted by molar-refractivity contribution is 5.79. The van der Waals surface area contributed by atoms with Gasteiger partial charge in [-0.15, -0.1) is 0 Å². The van der Waals surface area contributed by atoms with Crippen LogP contribution in [0.4, 0.5) is 0 Å². The third-order valence-electron chi connectivity index (χ3n) is 3.10. The van der Waals surface area contributed by atoms with Crippen molar-refractivity contribution in [2.24, 2.45) is 5.92 Å². The third kappa shape index (κ3) is 2.95. The zero-order valence-corrected chi connectivity index (χ0v) is 10.2. The number of ether oxygens (including phenoxy) is 2. The second-order valence-corrected chi connectivity index (χ2v) is 4.31. The monoisotopic (exact) mass is 230 g/mol. The fraction of sp³-hybridized carbons (Fsp3) is 0.917. The van der Waals surface area contributed by atoms with Gasteiger partial charge in [-0.05, 0) is 26.2 Å². The average molecular weight is 230 g/mol.